The van der Waals surface area contributed by atoms with Crippen LogP contribution < -0.4 is 58.1 Å². The third-order valence-corrected chi connectivity index (χ3v) is 24.5. The number of carbonyl (C=O) groups excluding carboxylic acids is 5. The summed E-state index contributed by atoms with van der Waals surface area (Å²) in [6.07, 6.45) is 29.3. The number of piperidine rings is 4. The Kier molecular flexibility index (Phi) is 26.1. The Balaban J connectivity index is 0.000000130. The van der Waals surface area contributed by atoms with Gasteiger partial charge in [-0.25, -0.2) is 42.5 Å². The van der Waals surface area contributed by atoms with Crippen molar-refractivity contribution in [3.05, 3.63) is 211 Å². The van der Waals surface area contributed by atoms with Crippen LogP contribution in [0, 0.1) is 28.7 Å². The lowest BCUT2D eigenvalue weighted by atomic mass is 9.81. The van der Waals surface area contributed by atoms with E-state index < -0.39 is 23.3 Å². The Morgan fingerprint density at radius 3 is 1.33 bits per heavy atom. The van der Waals surface area contributed by atoms with E-state index in [2.05, 4.69) is 173 Å². The number of aromatic nitrogens is 11. The van der Waals surface area contributed by atoms with Crippen molar-refractivity contribution >= 4 is 81.6 Å². The van der Waals surface area contributed by atoms with Gasteiger partial charge < -0.3 is 82.8 Å². The van der Waals surface area contributed by atoms with E-state index in [1.807, 2.05) is 23.0 Å². The van der Waals surface area contributed by atoms with Gasteiger partial charge in [-0.15, -0.1) is 0 Å². The number of carbonyl (C=O) groups is 5. The molecule has 8 aromatic rings. The van der Waals surface area contributed by atoms with Gasteiger partial charge in [-0.3, -0.25) is 38.0 Å². The Bertz CT molecular complexity index is 5600. The summed E-state index contributed by atoms with van der Waals surface area (Å²) in [6.45, 7) is 39.0. The first-order valence-electron chi connectivity index (χ1n) is 42.8. The highest BCUT2D eigenvalue weighted by atomic mass is 19.1. The minimum atomic E-state index is -0.531. The van der Waals surface area contributed by atoms with E-state index in [0.29, 0.717) is 107 Å². The van der Waals surface area contributed by atoms with Crippen molar-refractivity contribution < 1.29 is 46.6 Å². The highest BCUT2D eigenvalue weighted by Crippen LogP contribution is 2.41. The molecule has 10 aliphatic rings. The molecule has 6 fully saturated rings. The molecule has 36 heteroatoms. The number of amides is 5. The normalized spacial score (nSPS) is 20.2. The largest absolute Gasteiger partial charge is 0.392 e. The molecule has 5 amide bonds. The lowest BCUT2D eigenvalue weighted by Gasteiger charge is -2.42. The lowest BCUT2D eigenvalue weighted by Crippen LogP contribution is -2.48. The lowest BCUT2D eigenvalue weighted by molar-refractivity contribution is -0.126. The van der Waals surface area contributed by atoms with Gasteiger partial charge in [0, 0.05) is 204 Å². The molecule has 5 saturated heterocycles. The van der Waals surface area contributed by atoms with Crippen LogP contribution in [0.4, 0.5) is 69.7 Å². The number of rotatable bonds is 23. The molecule has 17 heterocycles. The van der Waals surface area contributed by atoms with E-state index in [4.69, 9.17) is 0 Å². The van der Waals surface area contributed by atoms with Gasteiger partial charge in [-0.05, 0) is 113 Å². The summed E-state index contributed by atoms with van der Waals surface area (Å²) in [5.41, 5.74) is 8.56. The topological polar surface area (TPSA) is 360 Å². The van der Waals surface area contributed by atoms with Gasteiger partial charge >= 0.3 is 0 Å². The van der Waals surface area contributed by atoms with E-state index >= 15 is 17.6 Å². The maximum Gasteiger partial charge on any atom is 0.255 e. The molecule has 1 aliphatic carbocycles. The van der Waals surface area contributed by atoms with E-state index in [0.717, 1.165) is 132 Å². The van der Waals surface area contributed by atoms with Crippen LogP contribution in [0.25, 0.3) is 22.5 Å². The number of pyridine rings is 5. The summed E-state index contributed by atoms with van der Waals surface area (Å²) < 4.78 is 66.2. The van der Waals surface area contributed by atoms with Gasteiger partial charge in [0.2, 0.25) is 5.91 Å². The minimum absolute atomic E-state index is 0.0109. The molecule has 11 N–H and O–H groups in total. The van der Waals surface area contributed by atoms with Crippen molar-refractivity contribution in [2.24, 2.45) is 19.5 Å². The fourth-order valence-electron chi connectivity index (χ4n) is 17.4. The maximum atomic E-state index is 15.5. The van der Waals surface area contributed by atoms with Crippen LogP contribution in [0.2, 0.25) is 0 Å². The summed E-state index contributed by atoms with van der Waals surface area (Å²) in [7, 11) is 3.56. The van der Waals surface area contributed by atoms with Crippen LogP contribution in [0.3, 0.4) is 0 Å². The summed E-state index contributed by atoms with van der Waals surface area (Å²) in [4.78, 5) is 94.5. The second kappa shape index (κ2) is 37.6. The number of hydrogen-bond acceptors (Lipinski definition) is 24. The predicted octanol–water partition coefficient (Wildman–Crippen LogP) is 11.4. The van der Waals surface area contributed by atoms with Crippen molar-refractivity contribution in [1.82, 2.24) is 95.1 Å². The molecule has 126 heavy (non-hydrogen) atoms. The van der Waals surface area contributed by atoms with Crippen LogP contribution >= 0.6 is 0 Å². The van der Waals surface area contributed by atoms with Gasteiger partial charge in [0.05, 0.1) is 81.9 Å². The molecule has 0 spiro atoms. The second-order valence-electron chi connectivity index (χ2n) is 33.9. The molecule has 8 aromatic heterocycles. The SMILES string of the molecule is C=CC(=C)N1CCCC(Nc2nc(-c3cnn(C4CC4)c3)c3c(c2F)CNC3=O)C1.C=CC(=C)N1CCCC(Nc2nc(Nc3ccc(N4CCC(O)C(C)(C)C4)cn3)c3c(c2F)CNC3=O)C1.C=CC(=C)N1CCCC(Nc2nc(Nc3cnn(C)c3)c3c(c2F)CNC3=O)C1.C=CC(=O)N1CCCCC(Nc2nc(-c3cnn(C)c3)c3c(c2F)CNC3=O)C1. The summed E-state index contributed by atoms with van der Waals surface area (Å²) in [6, 6.07) is 4.07. The van der Waals surface area contributed by atoms with Crippen molar-refractivity contribution in [3.63, 3.8) is 0 Å². The molecule has 1 saturated carbocycles. The minimum Gasteiger partial charge on any atom is -0.392 e. The number of aliphatic hydroxyl groups is 1. The summed E-state index contributed by atoms with van der Waals surface area (Å²) in [5.74, 6) is -1.82. The number of aryl methyl sites for hydroxylation is 2. The number of nitrogens with zero attached hydrogens (tertiary/aromatic N) is 16. The summed E-state index contributed by atoms with van der Waals surface area (Å²) in [5, 5.41) is 52.9. The number of nitrogens with one attached hydrogen (secondary N) is 10. The van der Waals surface area contributed by atoms with Crippen LogP contribution in [0.1, 0.15) is 161 Å². The van der Waals surface area contributed by atoms with Gasteiger partial charge in [0.25, 0.3) is 23.6 Å². The molecule has 662 valence electrons. The highest BCUT2D eigenvalue weighted by molar-refractivity contribution is 6.06. The molecule has 5 atom stereocenters. The van der Waals surface area contributed by atoms with Crippen molar-refractivity contribution in [2.75, 3.05) is 102 Å². The monoisotopic (exact) mass is 1720 g/mol. The molecule has 9 aliphatic heterocycles. The fourth-order valence-corrected chi connectivity index (χ4v) is 17.4. The second-order valence-corrected chi connectivity index (χ2v) is 33.9. The highest BCUT2D eigenvalue weighted by Gasteiger charge is 2.40. The first-order valence-corrected chi connectivity index (χ1v) is 42.8. The standard InChI is InChI=1S/C28H36FN7O2.C22H25FN6O.C20H24FN7O.C20H23FN6O2/c1-5-17(2)35-11-6-7-18(15-35)32-26-24(29)20-14-31-27(38)23(20)25(34-26)33-22-9-8-19(13-30-22)36-12-10-21(37)28(3,4)16-36;1-3-13(2)28-8-4-5-15(12-28)26-21-19(23)17-10-24-22(30)18(17)20(27-21)14-9-25-29(11-14)16-6-7-16;1-4-12(2)28-7-5-6-13(11-28)24-19-17(21)15-9-22-20(29)16(15)18(26-19)25-14-8-23-27(3)10-14;1-3-15(28)27-7-5-4-6-13(11-27)24-19-17(21)14-9-22-20(29)16(14)18(25-19)12-8-23-26(2)10-12/h5,8-9,13,18,21,37H,1-2,6-7,10-12,14-16H2,3-4H3,(H,31,38)(H2,30,32,33,34);3,9,11,15-16H,1-2,4-8,10,12H2,(H,24,30)(H,26,27);4,8,10,13H,1-2,5-7,9,11H2,3H3,(H,22,29)(H2,24,25,26);3,8,10,13H,1,4-7,9,11H2,2H3,(H,22,29)(H,24,25). The smallest absolute Gasteiger partial charge is 0.255 e. The number of likely N-dealkylation sites (tertiary alicyclic amines) is 4. The molecular formula is C90H108F4N26O6. The third kappa shape index (κ3) is 19.1. The van der Waals surface area contributed by atoms with Crippen LogP contribution in [0.15, 0.2) is 143 Å². The third-order valence-electron chi connectivity index (χ3n) is 24.5. The van der Waals surface area contributed by atoms with E-state index in [1.165, 1.54) is 6.08 Å². The number of anilines is 9. The van der Waals surface area contributed by atoms with Gasteiger partial charge in [0.1, 0.15) is 17.5 Å². The van der Waals surface area contributed by atoms with Gasteiger partial charge in [-0.2, -0.15) is 15.3 Å². The molecule has 18 rings (SSSR count). The Morgan fingerprint density at radius 1 is 0.476 bits per heavy atom. The molecule has 32 nitrogen and oxygen atoms in total. The number of hydrogen-bond donors (Lipinski definition) is 11. The fraction of sp³-hybridized carbons (Fsp3) is 0.411. The predicted molar refractivity (Wildman–Crippen MR) is 474 cm³/mol. The Morgan fingerprint density at radius 2 is 0.897 bits per heavy atom. The van der Waals surface area contributed by atoms with Gasteiger partial charge in [0.15, 0.2) is 46.5 Å². The van der Waals surface area contributed by atoms with E-state index in [1.54, 1.807) is 83.8 Å². The number of fused-ring (bicyclic) bond motifs is 4. The number of aliphatic hydroxyl groups excluding tert-OH is 1. The first kappa shape index (κ1) is 87.5. The average molecular weight is 1730 g/mol. The molecule has 0 radical (unpaired) electrons. The average Bonchev–Trinajstić information content (AvgIpc) is 1.60. The Hall–Kier alpha value is -13.4. The molecule has 0 aromatic carbocycles. The number of halogens is 4. The maximum absolute atomic E-state index is 15.5. The molecule has 5 unspecified atom stereocenters. The van der Waals surface area contributed by atoms with Crippen LogP contribution in [-0.4, -0.2) is 204 Å². The van der Waals surface area contributed by atoms with E-state index in [-0.39, 0.29) is 137 Å². The van der Waals surface area contributed by atoms with Crippen molar-refractivity contribution in [1.29, 1.82) is 0 Å². The molecular weight excluding hydrogens is 1620 g/mol. The van der Waals surface area contributed by atoms with Crippen LogP contribution in [0.5, 0.6) is 0 Å². The number of allylic oxidation sites excluding steroid dienone is 3. The van der Waals surface area contributed by atoms with Crippen LogP contribution in [-0.2, 0) is 45.1 Å². The zero-order chi connectivity index (χ0) is 88.9. The zero-order valence-corrected chi connectivity index (χ0v) is 71.5. The van der Waals surface area contributed by atoms with Crippen molar-refractivity contribution in [2.45, 2.75) is 153 Å². The van der Waals surface area contributed by atoms with Gasteiger partial charge in [-0.1, -0.05) is 59.9 Å². The quantitative estimate of drug-likeness (QED) is 0.0161. The van der Waals surface area contributed by atoms with Crippen molar-refractivity contribution in [3.8, 4) is 22.5 Å². The van der Waals surface area contributed by atoms with E-state index in [9.17, 15) is 29.1 Å². The molecule has 0 bridgehead atoms. The first-order chi connectivity index (χ1) is 60.6. The zero-order valence-electron chi connectivity index (χ0n) is 71.5. The Labute approximate surface area is 728 Å². The summed E-state index contributed by atoms with van der Waals surface area (Å²) >= 11 is 0.